The largest absolute Gasteiger partial charge is 0.416 e. The number of aromatic nitrogens is 1. The maximum atomic E-state index is 12.9. The van der Waals surface area contributed by atoms with E-state index in [1.54, 1.807) is 42.6 Å². The number of para-hydroxylation sites is 1. The third-order valence-corrected chi connectivity index (χ3v) is 5.15. The Hall–Kier alpha value is -4.72. The lowest BCUT2D eigenvalue weighted by Crippen LogP contribution is -2.13. The molecule has 1 aromatic heterocycles. The minimum Gasteiger partial charge on any atom is -0.322 e. The fourth-order valence-corrected chi connectivity index (χ4v) is 3.44. The number of pyridine rings is 1. The molecule has 0 radical (unpaired) electrons. The van der Waals surface area contributed by atoms with E-state index in [2.05, 4.69) is 15.6 Å². The van der Waals surface area contributed by atoms with Gasteiger partial charge in [-0.15, -0.1) is 0 Å². The van der Waals surface area contributed by atoms with Crippen molar-refractivity contribution in [1.29, 1.82) is 0 Å². The highest BCUT2D eigenvalue weighted by atomic mass is 19.4. The van der Waals surface area contributed by atoms with Gasteiger partial charge in [-0.2, -0.15) is 13.2 Å². The summed E-state index contributed by atoms with van der Waals surface area (Å²) in [5.41, 5.74) is 2.06. The zero-order chi connectivity index (χ0) is 25.5. The fourth-order valence-electron chi connectivity index (χ4n) is 3.44. The summed E-state index contributed by atoms with van der Waals surface area (Å²) >= 11 is 0. The SMILES string of the molecule is O=C(C=Cc1cccc(C(=O)Nc2cccc(C(F)(F)F)c2)c1)Nc1ccccc1-c1ccccn1. The molecule has 8 heteroatoms. The van der Waals surface area contributed by atoms with E-state index in [0.29, 0.717) is 11.3 Å². The van der Waals surface area contributed by atoms with E-state index in [4.69, 9.17) is 0 Å². The second-order valence-corrected chi connectivity index (χ2v) is 7.74. The van der Waals surface area contributed by atoms with Gasteiger partial charge in [-0.05, 0) is 60.2 Å². The van der Waals surface area contributed by atoms with E-state index in [0.717, 1.165) is 23.4 Å². The highest BCUT2D eigenvalue weighted by Gasteiger charge is 2.30. The van der Waals surface area contributed by atoms with Crippen molar-refractivity contribution in [3.8, 4) is 11.3 Å². The molecule has 3 aromatic carbocycles. The molecule has 0 fully saturated rings. The van der Waals surface area contributed by atoms with Crippen LogP contribution in [0, 0.1) is 0 Å². The molecule has 2 amide bonds. The summed E-state index contributed by atoms with van der Waals surface area (Å²) in [6.07, 6.45) is 0.0347. The average molecular weight is 487 g/mol. The molecular weight excluding hydrogens is 467 g/mol. The zero-order valence-corrected chi connectivity index (χ0v) is 18.8. The number of halogens is 3. The van der Waals surface area contributed by atoms with Crippen LogP contribution in [0.2, 0.25) is 0 Å². The van der Waals surface area contributed by atoms with Gasteiger partial charge in [0.1, 0.15) is 0 Å². The number of benzene rings is 3. The van der Waals surface area contributed by atoms with Gasteiger partial charge in [-0.3, -0.25) is 14.6 Å². The van der Waals surface area contributed by atoms with Gasteiger partial charge in [0, 0.05) is 29.1 Å². The molecular formula is C28H20F3N3O2. The van der Waals surface area contributed by atoms with Crippen LogP contribution in [0.15, 0.2) is 103 Å². The van der Waals surface area contributed by atoms with Crippen molar-refractivity contribution in [2.24, 2.45) is 0 Å². The number of hydrogen-bond donors (Lipinski definition) is 2. The Bertz CT molecular complexity index is 1420. The fraction of sp³-hybridized carbons (Fsp3) is 0.0357. The molecule has 0 saturated heterocycles. The minimum atomic E-state index is -4.51. The third-order valence-electron chi connectivity index (χ3n) is 5.15. The van der Waals surface area contributed by atoms with E-state index in [9.17, 15) is 22.8 Å². The van der Waals surface area contributed by atoms with Crippen LogP contribution < -0.4 is 10.6 Å². The van der Waals surface area contributed by atoms with Crippen molar-refractivity contribution in [2.45, 2.75) is 6.18 Å². The minimum absolute atomic E-state index is 0.0294. The summed E-state index contributed by atoms with van der Waals surface area (Å²) in [6.45, 7) is 0. The number of nitrogens with zero attached hydrogens (tertiary/aromatic N) is 1. The first kappa shape index (κ1) is 24.4. The van der Waals surface area contributed by atoms with Crippen molar-refractivity contribution >= 4 is 29.3 Å². The molecule has 180 valence electrons. The van der Waals surface area contributed by atoms with Crippen LogP contribution in [0.4, 0.5) is 24.5 Å². The molecule has 4 rings (SSSR count). The van der Waals surface area contributed by atoms with Crippen molar-refractivity contribution < 1.29 is 22.8 Å². The number of rotatable bonds is 6. The van der Waals surface area contributed by atoms with E-state index >= 15 is 0 Å². The van der Waals surface area contributed by atoms with Crippen LogP contribution in [0.1, 0.15) is 21.5 Å². The van der Waals surface area contributed by atoms with Crippen LogP contribution in [-0.4, -0.2) is 16.8 Å². The van der Waals surface area contributed by atoms with Gasteiger partial charge in [0.05, 0.1) is 16.9 Å². The standard InChI is InChI=1S/C28H20F3N3O2/c29-28(30,31)21-9-6-10-22(18-21)33-27(36)20-8-5-7-19(17-20)14-15-26(35)34-25-13-2-1-11-23(25)24-12-3-4-16-32-24/h1-18H,(H,33,36)(H,34,35). The molecule has 0 aliphatic heterocycles. The summed E-state index contributed by atoms with van der Waals surface area (Å²) in [5.74, 6) is -0.949. The Kier molecular flexibility index (Phi) is 7.25. The Morgan fingerprint density at radius 2 is 1.58 bits per heavy atom. The first-order valence-electron chi connectivity index (χ1n) is 10.9. The lowest BCUT2D eigenvalue weighted by Gasteiger charge is -2.10. The molecule has 0 saturated carbocycles. The second kappa shape index (κ2) is 10.7. The molecule has 0 unspecified atom stereocenters. The van der Waals surface area contributed by atoms with E-state index in [1.807, 2.05) is 24.3 Å². The molecule has 0 atom stereocenters. The van der Waals surface area contributed by atoms with Crippen LogP contribution >= 0.6 is 0 Å². The number of alkyl halides is 3. The van der Waals surface area contributed by atoms with Crippen molar-refractivity contribution in [3.05, 3.63) is 120 Å². The first-order valence-corrected chi connectivity index (χ1v) is 10.9. The summed E-state index contributed by atoms with van der Waals surface area (Å²) in [6, 6.07) is 23.6. The second-order valence-electron chi connectivity index (χ2n) is 7.74. The van der Waals surface area contributed by atoms with Gasteiger partial charge in [-0.1, -0.05) is 42.5 Å². The molecule has 36 heavy (non-hydrogen) atoms. The van der Waals surface area contributed by atoms with Crippen molar-refractivity contribution in [3.63, 3.8) is 0 Å². The summed E-state index contributed by atoms with van der Waals surface area (Å²) in [5, 5.41) is 5.30. The predicted octanol–water partition coefficient (Wildman–Crippen LogP) is 6.67. The number of carbonyl (C=O) groups is 2. The van der Waals surface area contributed by atoms with Gasteiger partial charge in [0.15, 0.2) is 0 Å². The number of carbonyl (C=O) groups excluding carboxylic acids is 2. The monoisotopic (exact) mass is 487 g/mol. The Morgan fingerprint density at radius 3 is 2.36 bits per heavy atom. The normalized spacial score (nSPS) is 11.3. The highest BCUT2D eigenvalue weighted by molar-refractivity contribution is 6.06. The van der Waals surface area contributed by atoms with E-state index in [-0.39, 0.29) is 17.2 Å². The smallest absolute Gasteiger partial charge is 0.322 e. The quantitative estimate of drug-likeness (QED) is 0.298. The molecule has 2 N–H and O–H groups in total. The van der Waals surface area contributed by atoms with Gasteiger partial charge in [0.25, 0.3) is 5.91 Å². The lowest BCUT2D eigenvalue weighted by molar-refractivity contribution is -0.137. The maximum Gasteiger partial charge on any atom is 0.416 e. The van der Waals surface area contributed by atoms with E-state index in [1.165, 1.54) is 30.3 Å². The molecule has 0 aliphatic rings. The average Bonchev–Trinajstić information content (AvgIpc) is 2.88. The first-order chi connectivity index (χ1) is 17.3. The Labute approximate surface area is 205 Å². The third kappa shape index (κ3) is 6.24. The van der Waals surface area contributed by atoms with Gasteiger partial charge in [-0.25, -0.2) is 0 Å². The number of amides is 2. The van der Waals surface area contributed by atoms with Crippen LogP contribution in [0.25, 0.3) is 17.3 Å². The molecule has 1 heterocycles. The molecule has 0 aliphatic carbocycles. The molecule has 5 nitrogen and oxygen atoms in total. The number of hydrogen-bond acceptors (Lipinski definition) is 3. The van der Waals surface area contributed by atoms with Crippen LogP contribution in [-0.2, 0) is 11.0 Å². The number of nitrogens with one attached hydrogen (secondary N) is 2. The van der Waals surface area contributed by atoms with E-state index < -0.39 is 17.6 Å². The summed E-state index contributed by atoms with van der Waals surface area (Å²) < 4.78 is 38.8. The topological polar surface area (TPSA) is 71.1 Å². The number of anilines is 2. The van der Waals surface area contributed by atoms with Crippen LogP contribution in [0.5, 0.6) is 0 Å². The van der Waals surface area contributed by atoms with Crippen molar-refractivity contribution in [1.82, 2.24) is 4.98 Å². The molecule has 4 aromatic rings. The van der Waals surface area contributed by atoms with Crippen molar-refractivity contribution in [2.75, 3.05) is 10.6 Å². The summed E-state index contributed by atoms with van der Waals surface area (Å²) in [4.78, 5) is 29.5. The maximum absolute atomic E-state index is 12.9. The molecule has 0 bridgehead atoms. The summed E-state index contributed by atoms with van der Waals surface area (Å²) in [7, 11) is 0. The zero-order valence-electron chi connectivity index (χ0n) is 18.8. The highest BCUT2D eigenvalue weighted by Crippen LogP contribution is 2.31. The van der Waals surface area contributed by atoms with Gasteiger partial charge >= 0.3 is 6.18 Å². The van der Waals surface area contributed by atoms with Gasteiger partial charge < -0.3 is 10.6 Å². The molecule has 0 spiro atoms. The Morgan fingerprint density at radius 1 is 0.806 bits per heavy atom. The predicted molar refractivity (Wildman–Crippen MR) is 133 cm³/mol. The lowest BCUT2D eigenvalue weighted by atomic mass is 10.1. The Balaban J connectivity index is 1.44. The van der Waals surface area contributed by atoms with Crippen LogP contribution in [0.3, 0.4) is 0 Å². The van der Waals surface area contributed by atoms with Gasteiger partial charge in [0.2, 0.25) is 5.91 Å².